The van der Waals surface area contributed by atoms with Crippen molar-refractivity contribution in [1.82, 2.24) is 20.0 Å². The monoisotopic (exact) mass is 459 g/mol. The zero-order valence-electron chi connectivity index (χ0n) is 18.8. The molecule has 0 aliphatic rings. The Kier molecular flexibility index (Phi) is 6.74. The number of aromatic nitrogens is 4. The van der Waals surface area contributed by atoms with Crippen molar-refractivity contribution in [2.24, 2.45) is 5.92 Å². The molecular formula is C25H25N5O2S. The van der Waals surface area contributed by atoms with E-state index in [0.717, 1.165) is 22.6 Å². The Balaban J connectivity index is 1.88. The van der Waals surface area contributed by atoms with Crippen LogP contribution in [0.5, 0.6) is 0 Å². The highest BCUT2D eigenvalue weighted by Crippen LogP contribution is 2.32. The molecule has 0 fully saturated rings. The largest absolute Gasteiger partial charge is 0.296 e. The van der Waals surface area contributed by atoms with Gasteiger partial charge in [0.15, 0.2) is 0 Å². The highest BCUT2D eigenvalue weighted by Gasteiger charge is 2.25. The molecule has 4 aromatic rings. The van der Waals surface area contributed by atoms with E-state index < -0.39 is 11.5 Å². The van der Waals surface area contributed by atoms with Crippen LogP contribution in [0.2, 0.25) is 0 Å². The minimum Gasteiger partial charge on any atom is -0.296 e. The smallest absolute Gasteiger partial charge is 0.280 e. The zero-order chi connectivity index (χ0) is 23.4. The second-order valence-electron chi connectivity index (χ2n) is 8.00. The highest BCUT2D eigenvalue weighted by atomic mass is 32.1. The van der Waals surface area contributed by atoms with Crippen LogP contribution in [0.1, 0.15) is 36.1 Å². The molecule has 0 bridgehead atoms. The molecule has 2 heterocycles. The van der Waals surface area contributed by atoms with Gasteiger partial charge in [-0.05, 0) is 18.4 Å². The van der Waals surface area contributed by atoms with Crippen molar-refractivity contribution in [3.05, 3.63) is 81.6 Å². The van der Waals surface area contributed by atoms with Crippen LogP contribution in [0.4, 0.5) is 5.13 Å². The van der Waals surface area contributed by atoms with Gasteiger partial charge in [0.1, 0.15) is 10.6 Å². The summed E-state index contributed by atoms with van der Waals surface area (Å²) in [6, 6.07) is 19.0. The lowest BCUT2D eigenvalue weighted by Crippen LogP contribution is -2.32. The number of aryl methyl sites for hydroxylation is 1. The molecule has 2 aromatic carbocycles. The van der Waals surface area contributed by atoms with Crippen LogP contribution in [0, 0.1) is 5.92 Å². The average Bonchev–Trinajstić information content (AvgIpc) is 3.25. The Morgan fingerprint density at radius 3 is 2.24 bits per heavy atom. The van der Waals surface area contributed by atoms with Crippen molar-refractivity contribution in [1.29, 1.82) is 0 Å². The second kappa shape index (κ2) is 9.87. The van der Waals surface area contributed by atoms with Gasteiger partial charge in [-0.25, -0.2) is 4.68 Å². The van der Waals surface area contributed by atoms with E-state index in [9.17, 15) is 9.59 Å². The Morgan fingerprint density at radius 2 is 1.64 bits per heavy atom. The van der Waals surface area contributed by atoms with E-state index >= 15 is 0 Å². The summed E-state index contributed by atoms with van der Waals surface area (Å²) < 4.78 is 1.33. The molecular weight excluding hydrogens is 434 g/mol. The van der Waals surface area contributed by atoms with E-state index in [-0.39, 0.29) is 5.56 Å². The van der Waals surface area contributed by atoms with Crippen molar-refractivity contribution >= 4 is 22.4 Å². The molecule has 1 amide bonds. The molecule has 0 saturated heterocycles. The number of anilines is 1. The molecule has 8 heteroatoms. The van der Waals surface area contributed by atoms with E-state index in [1.54, 1.807) is 0 Å². The van der Waals surface area contributed by atoms with Gasteiger partial charge < -0.3 is 0 Å². The van der Waals surface area contributed by atoms with Gasteiger partial charge in [0.25, 0.3) is 11.5 Å². The van der Waals surface area contributed by atoms with Crippen LogP contribution in [0.25, 0.3) is 22.4 Å². The maximum absolute atomic E-state index is 13.5. The molecule has 4 rings (SSSR count). The SMILES string of the molecule is CCn1nc(-c2ccccc2)c(-c2ccccc2)c(C(=O)Nc2nnc(CC(C)C)s2)c1=O. The molecule has 168 valence electrons. The van der Waals surface area contributed by atoms with E-state index in [4.69, 9.17) is 0 Å². The fourth-order valence-electron chi connectivity index (χ4n) is 3.57. The molecule has 33 heavy (non-hydrogen) atoms. The van der Waals surface area contributed by atoms with Crippen molar-refractivity contribution < 1.29 is 4.79 Å². The summed E-state index contributed by atoms with van der Waals surface area (Å²) in [6.45, 7) is 6.36. The summed E-state index contributed by atoms with van der Waals surface area (Å²) in [6.07, 6.45) is 0.777. The van der Waals surface area contributed by atoms with Crippen LogP contribution in [-0.2, 0) is 13.0 Å². The van der Waals surface area contributed by atoms with Gasteiger partial charge in [-0.15, -0.1) is 10.2 Å². The van der Waals surface area contributed by atoms with Crippen LogP contribution in [0.3, 0.4) is 0 Å². The molecule has 2 aromatic heterocycles. The second-order valence-corrected chi connectivity index (χ2v) is 9.07. The van der Waals surface area contributed by atoms with Crippen molar-refractivity contribution in [3.8, 4) is 22.4 Å². The summed E-state index contributed by atoms with van der Waals surface area (Å²) in [4.78, 5) is 26.9. The summed E-state index contributed by atoms with van der Waals surface area (Å²) in [7, 11) is 0. The zero-order valence-corrected chi connectivity index (χ0v) is 19.6. The lowest BCUT2D eigenvalue weighted by molar-refractivity contribution is 0.102. The molecule has 1 N–H and O–H groups in total. The van der Waals surface area contributed by atoms with Gasteiger partial charge in [0, 0.05) is 24.1 Å². The molecule has 0 saturated carbocycles. The van der Waals surface area contributed by atoms with Crippen molar-refractivity contribution in [2.45, 2.75) is 33.7 Å². The first-order chi connectivity index (χ1) is 16.0. The molecule has 0 aliphatic heterocycles. The summed E-state index contributed by atoms with van der Waals surface area (Å²) >= 11 is 1.32. The van der Waals surface area contributed by atoms with E-state index in [1.165, 1.54) is 16.0 Å². The standard InChI is InChI=1S/C25H25N5O2S/c1-4-30-24(32)21(23(31)26-25-28-27-19(33-25)15-16(2)3)20(17-11-7-5-8-12-17)22(29-30)18-13-9-6-10-14-18/h5-14,16H,4,15H2,1-3H3,(H,26,28,31). The maximum Gasteiger partial charge on any atom is 0.280 e. The summed E-state index contributed by atoms with van der Waals surface area (Å²) in [5.74, 6) is -0.0931. The number of carbonyl (C=O) groups excluding carboxylic acids is 1. The van der Waals surface area contributed by atoms with Crippen LogP contribution in [0.15, 0.2) is 65.5 Å². The first-order valence-electron chi connectivity index (χ1n) is 10.9. The Bertz CT molecular complexity index is 1310. The molecule has 0 unspecified atom stereocenters. The Labute approximate surface area is 196 Å². The fourth-order valence-corrected chi connectivity index (χ4v) is 4.52. The lowest BCUT2D eigenvalue weighted by atomic mass is 9.95. The normalized spacial score (nSPS) is 11.0. The van der Waals surface area contributed by atoms with E-state index in [2.05, 4.69) is 34.5 Å². The molecule has 0 spiro atoms. The Morgan fingerprint density at radius 1 is 1.00 bits per heavy atom. The minimum absolute atomic E-state index is 0.0394. The van der Waals surface area contributed by atoms with Gasteiger partial charge in [-0.2, -0.15) is 5.10 Å². The van der Waals surface area contributed by atoms with Crippen molar-refractivity contribution in [2.75, 3.05) is 5.32 Å². The number of amides is 1. The van der Waals surface area contributed by atoms with Gasteiger partial charge >= 0.3 is 0 Å². The predicted octanol–water partition coefficient (Wildman–Crippen LogP) is 4.90. The minimum atomic E-state index is -0.520. The first-order valence-corrected chi connectivity index (χ1v) is 11.7. The maximum atomic E-state index is 13.5. The van der Waals surface area contributed by atoms with Gasteiger partial charge in [-0.1, -0.05) is 85.8 Å². The number of nitrogens with one attached hydrogen (secondary N) is 1. The van der Waals surface area contributed by atoms with Gasteiger partial charge in [0.2, 0.25) is 5.13 Å². The van der Waals surface area contributed by atoms with E-state index in [0.29, 0.717) is 28.9 Å². The number of carbonyl (C=O) groups is 1. The first kappa shape index (κ1) is 22.5. The highest BCUT2D eigenvalue weighted by molar-refractivity contribution is 7.15. The lowest BCUT2D eigenvalue weighted by Gasteiger charge is -2.16. The molecule has 7 nitrogen and oxygen atoms in total. The number of benzene rings is 2. The number of rotatable bonds is 7. The summed E-state index contributed by atoms with van der Waals surface area (Å²) in [5.41, 5.74) is 2.24. The fraction of sp³-hybridized carbons (Fsp3) is 0.240. The van der Waals surface area contributed by atoms with Gasteiger partial charge in [0.05, 0.1) is 5.69 Å². The van der Waals surface area contributed by atoms with Crippen LogP contribution >= 0.6 is 11.3 Å². The van der Waals surface area contributed by atoms with Crippen LogP contribution < -0.4 is 10.9 Å². The third-order valence-corrected chi connectivity index (χ3v) is 5.92. The predicted molar refractivity (Wildman–Crippen MR) is 131 cm³/mol. The van der Waals surface area contributed by atoms with Crippen molar-refractivity contribution in [3.63, 3.8) is 0 Å². The number of hydrogen-bond acceptors (Lipinski definition) is 6. The third-order valence-electron chi connectivity index (χ3n) is 5.06. The quantitative estimate of drug-likeness (QED) is 0.425. The average molecular weight is 460 g/mol. The number of hydrogen-bond donors (Lipinski definition) is 1. The molecule has 0 atom stereocenters. The van der Waals surface area contributed by atoms with Crippen LogP contribution in [-0.4, -0.2) is 25.9 Å². The number of nitrogens with zero attached hydrogens (tertiary/aromatic N) is 4. The third kappa shape index (κ3) is 4.90. The molecule has 0 aliphatic carbocycles. The van der Waals surface area contributed by atoms with E-state index in [1.807, 2.05) is 67.6 Å². The summed E-state index contributed by atoms with van der Waals surface area (Å²) in [5, 5.41) is 16.9. The molecule has 0 radical (unpaired) electrons. The Hall–Kier alpha value is -3.65. The van der Waals surface area contributed by atoms with Gasteiger partial charge in [-0.3, -0.25) is 14.9 Å². The topological polar surface area (TPSA) is 89.8 Å².